The highest BCUT2D eigenvalue weighted by Crippen LogP contribution is 2.53. The SMILES string of the molecule is C=CCNC(=O)C(=O)C(CC1CC1)NC(=O)[C@@H]1[C@H]2CCC(C)(C)[C@H]2CN1C(=O)[C@@H](NC(=O)N[C@H](CN1C(=O)CC(C)(C)CC1=O)C(C)(C)C)C(C)(C)C. The van der Waals surface area contributed by atoms with E-state index in [0.717, 1.165) is 19.3 Å². The Kier molecular flexibility index (Phi) is 12.3. The summed E-state index contributed by atoms with van der Waals surface area (Å²) in [6.07, 6.45) is 5.70. The van der Waals surface area contributed by atoms with Crippen LogP contribution in [-0.4, -0.2) is 95.0 Å². The predicted octanol–water partition coefficient (Wildman–Crippen LogP) is 3.71. The second-order valence-corrected chi connectivity index (χ2v) is 19.6. The number of likely N-dealkylation sites (tertiary alicyclic amines) is 2. The zero-order valence-electron chi connectivity index (χ0n) is 33.6. The molecular formula is C40H64N6O7. The number of amides is 7. The molecule has 4 rings (SSSR count). The molecule has 6 atom stereocenters. The van der Waals surface area contributed by atoms with Gasteiger partial charge in [0.1, 0.15) is 12.1 Å². The van der Waals surface area contributed by atoms with Crippen molar-refractivity contribution in [1.82, 2.24) is 31.1 Å². The Labute approximate surface area is 315 Å². The third-order valence-electron chi connectivity index (χ3n) is 11.8. The predicted molar refractivity (Wildman–Crippen MR) is 201 cm³/mol. The zero-order valence-corrected chi connectivity index (χ0v) is 33.6. The number of Topliss-reactive ketones (excluding diaryl/α,β-unsaturated/α-hetero) is 1. The quantitative estimate of drug-likeness (QED) is 0.127. The largest absolute Gasteiger partial charge is 0.346 e. The average Bonchev–Trinajstić information content (AvgIpc) is 3.67. The highest BCUT2D eigenvalue weighted by atomic mass is 16.2. The Morgan fingerprint density at radius 1 is 0.887 bits per heavy atom. The number of carbonyl (C=O) groups is 7. The lowest BCUT2D eigenvalue weighted by Crippen LogP contribution is -2.63. The lowest BCUT2D eigenvalue weighted by Gasteiger charge is -2.40. The number of nitrogens with one attached hydrogen (secondary N) is 4. The topological polar surface area (TPSA) is 174 Å². The molecule has 0 radical (unpaired) electrons. The van der Waals surface area contributed by atoms with Crippen LogP contribution in [0, 0.1) is 39.4 Å². The van der Waals surface area contributed by atoms with E-state index in [1.807, 2.05) is 55.4 Å². The van der Waals surface area contributed by atoms with Gasteiger partial charge < -0.3 is 26.2 Å². The molecule has 7 amide bonds. The molecule has 13 nitrogen and oxygen atoms in total. The number of piperidine rings is 1. The van der Waals surface area contributed by atoms with Crippen LogP contribution < -0.4 is 21.3 Å². The van der Waals surface area contributed by atoms with Gasteiger partial charge in [-0.2, -0.15) is 0 Å². The van der Waals surface area contributed by atoms with Crippen molar-refractivity contribution in [2.45, 2.75) is 138 Å². The van der Waals surface area contributed by atoms with Crippen molar-refractivity contribution in [2.24, 2.45) is 39.4 Å². The van der Waals surface area contributed by atoms with E-state index in [4.69, 9.17) is 0 Å². The normalized spacial score (nSPS) is 25.5. The summed E-state index contributed by atoms with van der Waals surface area (Å²) in [5, 5.41) is 11.3. The van der Waals surface area contributed by atoms with Gasteiger partial charge in [-0.15, -0.1) is 6.58 Å². The second-order valence-electron chi connectivity index (χ2n) is 19.6. The maximum atomic E-state index is 14.7. The van der Waals surface area contributed by atoms with Gasteiger partial charge in [-0.3, -0.25) is 33.7 Å². The number of imide groups is 1. The minimum absolute atomic E-state index is 0.00202. The summed E-state index contributed by atoms with van der Waals surface area (Å²) in [5.41, 5.74) is -1.91. The van der Waals surface area contributed by atoms with Crippen molar-refractivity contribution < 1.29 is 33.6 Å². The van der Waals surface area contributed by atoms with Crippen molar-refractivity contribution in [3.05, 3.63) is 12.7 Å². The first-order valence-electron chi connectivity index (χ1n) is 19.3. The van der Waals surface area contributed by atoms with Crippen molar-refractivity contribution in [3.63, 3.8) is 0 Å². The summed E-state index contributed by atoms with van der Waals surface area (Å²) < 4.78 is 0. The molecule has 0 bridgehead atoms. The van der Waals surface area contributed by atoms with Gasteiger partial charge in [0, 0.05) is 32.5 Å². The van der Waals surface area contributed by atoms with Crippen molar-refractivity contribution in [3.8, 4) is 0 Å². The Hall–Kier alpha value is -3.77. The van der Waals surface area contributed by atoms with Gasteiger partial charge >= 0.3 is 6.03 Å². The molecule has 2 heterocycles. The van der Waals surface area contributed by atoms with E-state index in [0.29, 0.717) is 19.4 Å². The maximum absolute atomic E-state index is 14.7. The van der Waals surface area contributed by atoms with Crippen molar-refractivity contribution in [2.75, 3.05) is 19.6 Å². The van der Waals surface area contributed by atoms with Crippen molar-refractivity contribution in [1.29, 1.82) is 0 Å². The van der Waals surface area contributed by atoms with Crippen LogP contribution >= 0.6 is 0 Å². The van der Waals surface area contributed by atoms with Crippen LogP contribution in [0.3, 0.4) is 0 Å². The van der Waals surface area contributed by atoms with Crippen LogP contribution in [0.1, 0.15) is 114 Å². The van der Waals surface area contributed by atoms with E-state index < -0.39 is 69.9 Å². The van der Waals surface area contributed by atoms with Crippen LogP contribution in [0.2, 0.25) is 0 Å². The first kappa shape index (κ1) is 42.0. The number of urea groups is 1. The van der Waals surface area contributed by atoms with Crippen LogP contribution in [0.4, 0.5) is 4.79 Å². The average molecular weight is 741 g/mol. The van der Waals surface area contributed by atoms with Gasteiger partial charge in [0.2, 0.25) is 29.4 Å². The van der Waals surface area contributed by atoms with E-state index in [9.17, 15) is 33.6 Å². The summed E-state index contributed by atoms with van der Waals surface area (Å²) in [6, 6.07) is -4.21. The molecule has 2 saturated heterocycles. The Morgan fingerprint density at radius 2 is 1.49 bits per heavy atom. The Morgan fingerprint density at radius 3 is 2.02 bits per heavy atom. The first-order valence-corrected chi connectivity index (χ1v) is 19.3. The summed E-state index contributed by atoms with van der Waals surface area (Å²) >= 11 is 0. The molecule has 4 N–H and O–H groups in total. The molecule has 4 aliphatic rings. The molecule has 4 fully saturated rings. The van der Waals surface area contributed by atoms with Crippen LogP contribution in [-0.2, 0) is 28.8 Å². The minimum Gasteiger partial charge on any atom is -0.346 e. The molecule has 2 aliphatic heterocycles. The number of carbonyl (C=O) groups excluding carboxylic acids is 7. The highest BCUT2D eigenvalue weighted by Gasteiger charge is 2.57. The van der Waals surface area contributed by atoms with Crippen LogP contribution in [0.25, 0.3) is 0 Å². The number of fused-ring (bicyclic) bond motifs is 1. The second kappa shape index (κ2) is 15.5. The van der Waals surface area contributed by atoms with E-state index in [2.05, 4.69) is 41.7 Å². The van der Waals surface area contributed by atoms with E-state index >= 15 is 0 Å². The summed E-state index contributed by atoms with van der Waals surface area (Å²) in [5.74, 6) is -2.87. The standard InChI is InChI=1S/C40H64N6O7/c1-12-17-41-34(51)31(49)26(18-23-13-14-23)42-33(50)30-24-15-16-40(10,11)25(24)21-46(30)35(52)32(38(5,6)7)44-36(53)43-27(37(2,3)4)22-45-28(47)19-39(8,9)20-29(45)48/h12,23-27,30,32H,1,13-22H2,2-11H3,(H,41,51)(H,42,50)(H2,43,44,53)/t24-,25-,26?,27+,30-,32+/m0/s1. The molecule has 0 spiro atoms. The summed E-state index contributed by atoms with van der Waals surface area (Å²) in [4.78, 5) is 97.7. The fraction of sp³-hybridized carbons (Fsp3) is 0.775. The van der Waals surface area contributed by atoms with Crippen LogP contribution in [0.5, 0.6) is 0 Å². The van der Waals surface area contributed by atoms with Gasteiger partial charge in [-0.1, -0.05) is 88.2 Å². The Bertz CT molecular complexity index is 1470. The molecule has 0 aromatic heterocycles. The number of nitrogens with zero attached hydrogens (tertiary/aromatic N) is 2. The molecule has 2 aliphatic carbocycles. The van der Waals surface area contributed by atoms with Gasteiger partial charge in [0.15, 0.2) is 0 Å². The van der Waals surface area contributed by atoms with Gasteiger partial charge in [-0.25, -0.2) is 4.79 Å². The number of rotatable bonds is 13. The maximum Gasteiger partial charge on any atom is 0.315 e. The summed E-state index contributed by atoms with van der Waals surface area (Å²) in [7, 11) is 0. The van der Waals surface area contributed by atoms with Gasteiger partial charge in [0.05, 0.1) is 12.1 Å². The fourth-order valence-electron chi connectivity index (χ4n) is 8.25. The number of hydrogen-bond acceptors (Lipinski definition) is 7. The highest BCUT2D eigenvalue weighted by molar-refractivity contribution is 6.38. The molecule has 2 saturated carbocycles. The molecule has 0 aromatic carbocycles. The first-order chi connectivity index (χ1) is 24.4. The molecule has 0 aromatic rings. The minimum atomic E-state index is -1.05. The molecule has 296 valence electrons. The van der Waals surface area contributed by atoms with E-state index in [-0.39, 0.29) is 60.9 Å². The monoisotopic (exact) mass is 740 g/mol. The third-order valence-corrected chi connectivity index (χ3v) is 11.8. The van der Waals surface area contributed by atoms with Gasteiger partial charge in [0.25, 0.3) is 5.91 Å². The number of hydrogen-bond donors (Lipinski definition) is 4. The van der Waals surface area contributed by atoms with E-state index in [1.165, 1.54) is 11.0 Å². The number of ketones is 1. The smallest absolute Gasteiger partial charge is 0.315 e. The fourth-order valence-corrected chi connectivity index (χ4v) is 8.25. The third kappa shape index (κ3) is 10.1. The van der Waals surface area contributed by atoms with Crippen LogP contribution in [0.15, 0.2) is 12.7 Å². The summed E-state index contributed by atoms with van der Waals surface area (Å²) in [6.45, 7) is 23.3. The Balaban J connectivity index is 1.57. The van der Waals surface area contributed by atoms with Crippen molar-refractivity contribution >= 4 is 41.4 Å². The molecular weight excluding hydrogens is 676 g/mol. The van der Waals surface area contributed by atoms with E-state index in [1.54, 1.807) is 4.90 Å². The molecule has 53 heavy (non-hydrogen) atoms. The zero-order chi connectivity index (χ0) is 39.8. The van der Waals surface area contributed by atoms with Gasteiger partial charge in [-0.05, 0) is 58.7 Å². The molecule has 1 unspecified atom stereocenters. The lowest BCUT2D eigenvalue weighted by molar-refractivity contribution is -0.153. The molecule has 13 heteroatoms. The lowest BCUT2D eigenvalue weighted by atomic mass is 9.79.